The molecule has 0 aliphatic carbocycles. The van der Waals surface area contributed by atoms with E-state index in [-0.39, 0.29) is 29.9 Å². The fraction of sp³-hybridized carbons (Fsp3) is 0.300. The molecule has 0 saturated carbocycles. The summed E-state index contributed by atoms with van der Waals surface area (Å²) in [6.45, 7) is 3.24. The van der Waals surface area contributed by atoms with Gasteiger partial charge in [-0.1, -0.05) is 6.07 Å². The van der Waals surface area contributed by atoms with Gasteiger partial charge in [-0.3, -0.25) is 4.79 Å². The number of amides is 1. The molecule has 2 aromatic carbocycles. The Kier molecular flexibility index (Phi) is 6.27. The normalized spacial score (nSPS) is 16.7. The summed E-state index contributed by atoms with van der Waals surface area (Å²) >= 11 is 0. The third-order valence-corrected chi connectivity index (χ3v) is 6.98. The van der Waals surface area contributed by atoms with Crippen LogP contribution in [0.3, 0.4) is 0 Å². The molecule has 29 heavy (non-hydrogen) atoms. The maximum Gasteiger partial charge on any atom is 0.282 e. The summed E-state index contributed by atoms with van der Waals surface area (Å²) in [5.74, 6) is -0.769. The monoisotopic (exact) mass is 417 g/mol. The maximum absolute atomic E-state index is 13.4. The van der Waals surface area contributed by atoms with E-state index in [4.69, 9.17) is 5.26 Å². The molecule has 1 aliphatic heterocycles. The van der Waals surface area contributed by atoms with Crippen molar-refractivity contribution < 1.29 is 22.5 Å². The number of carbonyl (C=O) groups is 1. The van der Waals surface area contributed by atoms with E-state index in [1.54, 1.807) is 31.2 Å². The van der Waals surface area contributed by atoms with E-state index in [2.05, 4.69) is 5.32 Å². The highest BCUT2D eigenvalue weighted by atomic mass is 32.2. The lowest BCUT2D eigenvalue weighted by Crippen LogP contribution is -3.19. The molecule has 1 aliphatic rings. The quantitative estimate of drug-likeness (QED) is 0.746. The molecule has 2 aromatic rings. The number of hydrogen-bond donors (Lipinski definition) is 2. The van der Waals surface area contributed by atoms with Gasteiger partial charge < -0.3 is 10.2 Å². The third kappa shape index (κ3) is 4.79. The van der Waals surface area contributed by atoms with Crippen LogP contribution in [-0.2, 0) is 14.8 Å². The van der Waals surface area contributed by atoms with Gasteiger partial charge in [0.25, 0.3) is 5.91 Å². The van der Waals surface area contributed by atoms with Crippen LogP contribution in [0.4, 0.5) is 10.1 Å². The number of rotatable bonds is 5. The smallest absolute Gasteiger partial charge is 0.282 e. The Bertz CT molecular complexity index is 1030. The molecule has 0 unspecified atom stereocenters. The van der Waals surface area contributed by atoms with Gasteiger partial charge in [-0.15, -0.1) is 0 Å². The molecular weight excluding hydrogens is 395 g/mol. The van der Waals surface area contributed by atoms with Crippen molar-refractivity contribution in [2.75, 3.05) is 31.5 Å². The molecule has 1 heterocycles. The van der Waals surface area contributed by atoms with Gasteiger partial charge in [0.1, 0.15) is 5.82 Å². The number of nitrogens with one attached hydrogen (secondary N) is 2. The Morgan fingerprint density at radius 1 is 1.21 bits per heavy atom. The Morgan fingerprint density at radius 2 is 1.86 bits per heavy atom. The molecule has 1 atom stereocenters. The summed E-state index contributed by atoms with van der Waals surface area (Å²) in [6.07, 6.45) is 0. The van der Waals surface area contributed by atoms with E-state index >= 15 is 0 Å². The van der Waals surface area contributed by atoms with E-state index in [1.807, 2.05) is 6.07 Å². The lowest BCUT2D eigenvalue weighted by atomic mass is 10.2. The first-order valence-electron chi connectivity index (χ1n) is 9.22. The number of sulfonamides is 1. The van der Waals surface area contributed by atoms with Crippen molar-refractivity contribution in [3.63, 3.8) is 0 Å². The van der Waals surface area contributed by atoms with Crippen molar-refractivity contribution in [2.24, 2.45) is 0 Å². The van der Waals surface area contributed by atoms with Gasteiger partial charge in [0.05, 0.1) is 42.7 Å². The standard InChI is InChI=1S/C20H21FN4O3S/c1-15(20(26)23-18-7-5-16(14-22)6-8-18)24-9-11-25(12-10-24)29(27,28)19-4-2-3-17(21)13-19/h2-8,13,15H,9-12H2,1H3,(H,23,26)/p+1/t15-/m1/s1. The minimum Gasteiger partial charge on any atom is -0.323 e. The molecular formula is C20H22FN4O3S+. The van der Waals surface area contributed by atoms with Crippen LogP contribution in [0.15, 0.2) is 53.4 Å². The minimum absolute atomic E-state index is 0.0624. The number of carbonyl (C=O) groups excluding carboxylic acids is 1. The van der Waals surface area contributed by atoms with Crippen molar-refractivity contribution >= 4 is 21.6 Å². The lowest BCUT2D eigenvalue weighted by molar-refractivity contribution is -0.917. The Morgan fingerprint density at radius 3 is 2.45 bits per heavy atom. The average molecular weight is 417 g/mol. The summed E-state index contributed by atoms with van der Waals surface area (Å²) in [4.78, 5) is 13.4. The number of anilines is 1. The second-order valence-electron chi connectivity index (χ2n) is 6.92. The minimum atomic E-state index is -3.76. The number of nitriles is 1. The van der Waals surface area contributed by atoms with Crippen LogP contribution in [0.2, 0.25) is 0 Å². The lowest BCUT2D eigenvalue weighted by Gasteiger charge is -2.34. The number of quaternary nitrogens is 1. The Balaban J connectivity index is 1.59. The largest absolute Gasteiger partial charge is 0.323 e. The van der Waals surface area contributed by atoms with Crippen molar-refractivity contribution in [1.29, 1.82) is 5.26 Å². The van der Waals surface area contributed by atoms with Gasteiger partial charge in [0.15, 0.2) is 6.04 Å². The molecule has 152 valence electrons. The third-order valence-electron chi connectivity index (χ3n) is 5.09. The highest BCUT2D eigenvalue weighted by Gasteiger charge is 2.34. The molecule has 0 bridgehead atoms. The molecule has 1 amide bonds. The Hall–Kier alpha value is -2.80. The predicted molar refractivity (Wildman–Crippen MR) is 105 cm³/mol. The SMILES string of the molecule is C[C@H](C(=O)Nc1ccc(C#N)cc1)[NH+]1CCN(S(=O)(=O)c2cccc(F)c2)CC1. The molecule has 7 nitrogen and oxygen atoms in total. The zero-order chi connectivity index (χ0) is 21.0. The molecule has 2 N–H and O–H groups in total. The van der Waals surface area contributed by atoms with Crippen molar-refractivity contribution in [3.8, 4) is 6.07 Å². The number of benzene rings is 2. The van der Waals surface area contributed by atoms with E-state index in [0.29, 0.717) is 24.3 Å². The van der Waals surface area contributed by atoms with Crippen LogP contribution in [0, 0.1) is 17.1 Å². The van der Waals surface area contributed by atoms with Crippen molar-refractivity contribution in [2.45, 2.75) is 17.9 Å². The van der Waals surface area contributed by atoms with Crippen LogP contribution >= 0.6 is 0 Å². The summed E-state index contributed by atoms with van der Waals surface area (Å²) in [5, 5.41) is 11.6. The van der Waals surface area contributed by atoms with Gasteiger partial charge in [-0.05, 0) is 49.4 Å². The maximum atomic E-state index is 13.4. The predicted octanol–water partition coefficient (Wildman–Crippen LogP) is 0.614. The molecule has 0 spiro atoms. The zero-order valence-corrected chi connectivity index (χ0v) is 16.7. The van der Waals surface area contributed by atoms with Crippen LogP contribution in [0.1, 0.15) is 12.5 Å². The number of nitrogens with zero attached hydrogens (tertiary/aromatic N) is 2. The number of piperazine rings is 1. The molecule has 1 saturated heterocycles. The summed E-state index contributed by atoms with van der Waals surface area (Å²) < 4.78 is 40.1. The summed E-state index contributed by atoms with van der Waals surface area (Å²) in [6, 6.07) is 13.2. The van der Waals surface area contributed by atoms with Crippen molar-refractivity contribution in [1.82, 2.24) is 4.31 Å². The van der Waals surface area contributed by atoms with Crippen LogP contribution < -0.4 is 10.2 Å². The molecule has 9 heteroatoms. The second-order valence-corrected chi connectivity index (χ2v) is 8.86. The number of hydrogen-bond acceptors (Lipinski definition) is 4. The van der Waals surface area contributed by atoms with Gasteiger partial charge in [-0.25, -0.2) is 12.8 Å². The summed E-state index contributed by atoms with van der Waals surface area (Å²) in [5.41, 5.74) is 1.12. The molecule has 1 fully saturated rings. The highest BCUT2D eigenvalue weighted by Crippen LogP contribution is 2.16. The van der Waals surface area contributed by atoms with Gasteiger partial charge in [0.2, 0.25) is 10.0 Å². The number of halogens is 1. The first kappa shape index (κ1) is 20.9. The first-order valence-corrected chi connectivity index (χ1v) is 10.7. The van der Waals surface area contributed by atoms with Gasteiger partial charge in [0, 0.05) is 5.69 Å². The average Bonchev–Trinajstić information content (AvgIpc) is 2.74. The molecule has 0 radical (unpaired) electrons. The van der Waals surface area contributed by atoms with Crippen LogP contribution in [-0.4, -0.2) is 50.9 Å². The van der Waals surface area contributed by atoms with Crippen molar-refractivity contribution in [3.05, 3.63) is 59.9 Å². The topological polar surface area (TPSA) is 94.7 Å². The zero-order valence-electron chi connectivity index (χ0n) is 15.9. The molecule has 3 rings (SSSR count). The van der Waals surface area contributed by atoms with Gasteiger partial charge >= 0.3 is 0 Å². The fourth-order valence-corrected chi connectivity index (χ4v) is 4.76. The van der Waals surface area contributed by atoms with E-state index in [0.717, 1.165) is 11.0 Å². The van der Waals surface area contributed by atoms with E-state index in [1.165, 1.54) is 22.5 Å². The van der Waals surface area contributed by atoms with E-state index in [9.17, 15) is 17.6 Å². The van der Waals surface area contributed by atoms with Crippen LogP contribution in [0.25, 0.3) is 0 Å². The molecule has 0 aromatic heterocycles. The van der Waals surface area contributed by atoms with E-state index < -0.39 is 15.8 Å². The van der Waals surface area contributed by atoms with Gasteiger partial charge in [-0.2, -0.15) is 9.57 Å². The highest BCUT2D eigenvalue weighted by molar-refractivity contribution is 7.89. The second kappa shape index (κ2) is 8.69. The Labute approximate surface area is 169 Å². The first-order chi connectivity index (χ1) is 13.8. The summed E-state index contributed by atoms with van der Waals surface area (Å²) in [7, 11) is -3.76. The fourth-order valence-electron chi connectivity index (χ4n) is 3.29. The van der Waals surface area contributed by atoms with Crippen LogP contribution in [0.5, 0.6) is 0 Å².